The standard InChI is InChI=1S/C24H19Cl4N5OS/c1-14-5-2-3-6-15(14)13-35-24-32-31-21(33(24)20-10-9-16(25)11-19(20)28)12-29-23(34)30-22-17(26)7-4-8-18(22)27/h2-11H,12-13H2,1H3,(H2,29,30,34). The maximum Gasteiger partial charge on any atom is 0.319 e. The quantitative estimate of drug-likeness (QED) is 0.224. The van der Waals surface area contributed by atoms with E-state index < -0.39 is 6.03 Å². The average Bonchev–Trinajstić information content (AvgIpc) is 3.22. The van der Waals surface area contributed by atoms with Crippen LogP contribution in [0.25, 0.3) is 5.69 Å². The lowest BCUT2D eigenvalue weighted by molar-refractivity contribution is 0.251. The van der Waals surface area contributed by atoms with Crippen molar-refractivity contribution in [3.8, 4) is 5.69 Å². The molecule has 0 unspecified atom stereocenters. The van der Waals surface area contributed by atoms with Gasteiger partial charge in [0.15, 0.2) is 11.0 Å². The van der Waals surface area contributed by atoms with E-state index in [0.29, 0.717) is 48.2 Å². The fraction of sp³-hybridized carbons (Fsp3) is 0.125. The van der Waals surface area contributed by atoms with Gasteiger partial charge in [-0.25, -0.2) is 4.79 Å². The summed E-state index contributed by atoms with van der Waals surface area (Å²) in [4.78, 5) is 12.6. The molecule has 180 valence electrons. The Balaban J connectivity index is 1.57. The van der Waals surface area contributed by atoms with Crippen LogP contribution in [-0.4, -0.2) is 20.8 Å². The summed E-state index contributed by atoms with van der Waals surface area (Å²) in [6.07, 6.45) is 0. The van der Waals surface area contributed by atoms with Crippen LogP contribution >= 0.6 is 58.2 Å². The van der Waals surface area contributed by atoms with Gasteiger partial charge in [-0.2, -0.15) is 0 Å². The number of urea groups is 1. The first kappa shape index (κ1) is 25.7. The third-order valence-electron chi connectivity index (χ3n) is 5.08. The molecule has 0 saturated carbocycles. The third kappa shape index (κ3) is 6.23. The zero-order chi connectivity index (χ0) is 24.9. The monoisotopic (exact) mass is 565 g/mol. The number of anilines is 1. The van der Waals surface area contributed by atoms with Gasteiger partial charge < -0.3 is 10.6 Å². The molecule has 1 heterocycles. The number of nitrogens with zero attached hydrogens (tertiary/aromatic N) is 3. The van der Waals surface area contributed by atoms with Crippen LogP contribution in [0.15, 0.2) is 65.8 Å². The minimum atomic E-state index is -0.495. The summed E-state index contributed by atoms with van der Waals surface area (Å²) in [5.74, 6) is 1.18. The molecule has 0 fully saturated rings. The second kappa shape index (κ2) is 11.5. The number of aromatic nitrogens is 3. The molecule has 0 aliphatic heterocycles. The molecule has 1 aromatic heterocycles. The first-order chi connectivity index (χ1) is 16.8. The number of nitrogens with one attached hydrogen (secondary N) is 2. The van der Waals surface area contributed by atoms with Crippen molar-refractivity contribution in [3.05, 3.63) is 97.7 Å². The summed E-state index contributed by atoms with van der Waals surface area (Å²) < 4.78 is 1.81. The van der Waals surface area contributed by atoms with Gasteiger partial charge in [0.25, 0.3) is 0 Å². The van der Waals surface area contributed by atoms with Crippen LogP contribution in [0.2, 0.25) is 20.1 Å². The first-order valence-electron chi connectivity index (χ1n) is 10.4. The molecule has 0 spiro atoms. The summed E-state index contributed by atoms with van der Waals surface area (Å²) in [6, 6.07) is 17.8. The molecule has 11 heteroatoms. The van der Waals surface area contributed by atoms with Crippen LogP contribution in [0.1, 0.15) is 17.0 Å². The van der Waals surface area contributed by atoms with Gasteiger partial charge in [0.2, 0.25) is 0 Å². The summed E-state index contributed by atoms with van der Waals surface area (Å²) in [5, 5.41) is 16.3. The number of benzene rings is 3. The molecule has 0 bridgehead atoms. The lowest BCUT2D eigenvalue weighted by Crippen LogP contribution is -2.29. The number of thioether (sulfide) groups is 1. The molecule has 3 aromatic carbocycles. The largest absolute Gasteiger partial charge is 0.331 e. The number of aryl methyl sites for hydroxylation is 1. The lowest BCUT2D eigenvalue weighted by Gasteiger charge is -2.14. The smallest absolute Gasteiger partial charge is 0.319 e. The molecule has 0 aliphatic rings. The molecule has 4 rings (SSSR count). The van der Waals surface area contributed by atoms with Gasteiger partial charge in [0.05, 0.1) is 33.0 Å². The molecule has 6 nitrogen and oxygen atoms in total. The Hall–Kier alpha value is -2.42. The maximum absolute atomic E-state index is 12.6. The van der Waals surface area contributed by atoms with Crippen molar-refractivity contribution in [2.24, 2.45) is 0 Å². The zero-order valence-electron chi connectivity index (χ0n) is 18.4. The van der Waals surface area contributed by atoms with Gasteiger partial charge in [-0.1, -0.05) is 88.5 Å². The van der Waals surface area contributed by atoms with Crippen LogP contribution in [0.4, 0.5) is 10.5 Å². The molecule has 2 N–H and O–H groups in total. The van der Waals surface area contributed by atoms with Crippen molar-refractivity contribution in [1.29, 1.82) is 0 Å². The second-order valence-electron chi connectivity index (χ2n) is 7.45. The highest BCUT2D eigenvalue weighted by Crippen LogP contribution is 2.32. The van der Waals surface area contributed by atoms with Crippen molar-refractivity contribution in [1.82, 2.24) is 20.1 Å². The fourth-order valence-electron chi connectivity index (χ4n) is 3.26. The van der Waals surface area contributed by atoms with Gasteiger partial charge in [0.1, 0.15) is 0 Å². The number of halogens is 4. The van der Waals surface area contributed by atoms with Crippen LogP contribution < -0.4 is 10.6 Å². The Bertz CT molecular complexity index is 1360. The van der Waals surface area contributed by atoms with Gasteiger partial charge in [-0.05, 0) is 48.4 Å². The second-order valence-corrected chi connectivity index (χ2v) is 10.0. The number of amides is 2. The SMILES string of the molecule is Cc1ccccc1CSc1nnc(CNC(=O)Nc2c(Cl)cccc2Cl)n1-c1ccc(Cl)cc1Cl. The Labute approximate surface area is 226 Å². The van der Waals surface area contributed by atoms with E-state index >= 15 is 0 Å². The summed E-state index contributed by atoms with van der Waals surface area (Å²) in [5.41, 5.74) is 3.35. The molecule has 35 heavy (non-hydrogen) atoms. The van der Waals surface area contributed by atoms with Crippen LogP contribution in [0.3, 0.4) is 0 Å². The van der Waals surface area contributed by atoms with Crippen LogP contribution in [-0.2, 0) is 12.3 Å². The Morgan fingerprint density at radius 3 is 2.40 bits per heavy atom. The van der Waals surface area contributed by atoms with Gasteiger partial charge in [-0.15, -0.1) is 10.2 Å². The van der Waals surface area contributed by atoms with Gasteiger partial charge >= 0.3 is 6.03 Å². The topological polar surface area (TPSA) is 71.8 Å². The third-order valence-corrected chi connectivity index (χ3v) is 7.22. The van der Waals surface area contributed by atoms with E-state index in [0.717, 1.165) is 0 Å². The highest BCUT2D eigenvalue weighted by atomic mass is 35.5. The fourth-order valence-corrected chi connectivity index (χ4v) is 5.29. The van der Waals surface area contributed by atoms with E-state index in [2.05, 4.69) is 39.9 Å². The minimum Gasteiger partial charge on any atom is -0.331 e. The van der Waals surface area contributed by atoms with Crippen LogP contribution in [0.5, 0.6) is 0 Å². The molecule has 0 aliphatic carbocycles. The molecule has 0 saturated heterocycles. The predicted molar refractivity (Wildman–Crippen MR) is 144 cm³/mol. The molecule has 4 aromatic rings. The molecular weight excluding hydrogens is 548 g/mol. The number of rotatable bonds is 7. The highest BCUT2D eigenvalue weighted by Gasteiger charge is 2.18. The molecule has 0 atom stereocenters. The zero-order valence-corrected chi connectivity index (χ0v) is 22.2. The van der Waals surface area contributed by atoms with E-state index in [-0.39, 0.29) is 6.54 Å². The van der Waals surface area contributed by atoms with Crippen molar-refractivity contribution in [2.45, 2.75) is 24.4 Å². The summed E-state index contributed by atoms with van der Waals surface area (Å²) in [6.45, 7) is 2.14. The Morgan fingerprint density at radius 1 is 0.943 bits per heavy atom. The van der Waals surface area contributed by atoms with Crippen molar-refractivity contribution < 1.29 is 4.79 Å². The van der Waals surface area contributed by atoms with E-state index in [4.69, 9.17) is 46.4 Å². The van der Waals surface area contributed by atoms with Gasteiger partial charge in [-0.3, -0.25) is 4.57 Å². The lowest BCUT2D eigenvalue weighted by atomic mass is 10.1. The molecular formula is C24H19Cl4N5OS. The number of para-hydroxylation sites is 1. The summed E-state index contributed by atoms with van der Waals surface area (Å²) >= 11 is 26.4. The number of carbonyl (C=O) groups excluding carboxylic acids is 1. The number of hydrogen-bond donors (Lipinski definition) is 2. The first-order valence-corrected chi connectivity index (χ1v) is 12.9. The van der Waals surface area contributed by atoms with E-state index in [1.54, 1.807) is 36.4 Å². The van der Waals surface area contributed by atoms with Crippen LogP contribution in [0, 0.1) is 6.92 Å². The molecule has 2 amide bonds. The Morgan fingerprint density at radius 2 is 1.69 bits per heavy atom. The van der Waals surface area contributed by atoms with E-state index in [1.807, 2.05) is 16.7 Å². The van der Waals surface area contributed by atoms with E-state index in [1.165, 1.54) is 22.9 Å². The molecule has 0 radical (unpaired) electrons. The maximum atomic E-state index is 12.6. The normalized spacial score (nSPS) is 10.9. The van der Waals surface area contributed by atoms with Crippen molar-refractivity contribution in [3.63, 3.8) is 0 Å². The van der Waals surface area contributed by atoms with Crippen molar-refractivity contribution >= 4 is 69.9 Å². The minimum absolute atomic E-state index is 0.0742. The predicted octanol–water partition coefficient (Wildman–Crippen LogP) is 7.80. The average molecular weight is 567 g/mol. The summed E-state index contributed by atoms with van der Waals surface area (Å²) in [7, 11) is 0. The number of hydrogen-bond acceptors (Lipinski definition) is 4. The number of carbonyl (C=O) groups is 1. The van der Waals surface area contributed by atoms with Gasteiger partial charge in [0, 0.05) is 10.8 Å². The Kier molecular flexibility index (Phi) is 8.46. The van der Waals surface area contributed by atoms with Crippen molar-refractivity contribution in [2.75, 3.05) is 5.32 Å². The van der Waals surface area contributed by atoms with E-state index in [9.17, 15) is 4.79 Å². The highest BCUT2D eigenvalue weighted by molar-refractivity contribution is 7.98.